The number of ether oxygens (including phenoxy) is 1. The second-order valence-corrected chi connectivity index (χ2v) is 7.66. The third-order valence-electron chi connectivity index (χ3n) is 4.92. The molecule has 0 aliphatic rings. The van der Waals surface area contributed by atoms with Crippen LogP contribution < -0.4 is 15.8 Å². The number of nitrogens with zero attached hydrogens (tertiary/aromatic N) is 2. The Morgan fingerprint density at radius 3 is 2.68 bits per heavy atom. The van der Waals surface area contributed by atoms with Crippen LogP contribution in [0.5, 0.6) is 5.75 Å². The van der Waals surface area contributed by atoms with Crippen LogP contribution in [0.1, 0.15) is 22.7 Å². The van der Waals surface area contributed by atoms with Crippen LogP contribution in [0.3, 0.4) is 0 Å². The van der Waals surface area contributed by atoms with E-state index in [0.717, 1.165) is 21.9 Å². The van der Waals surface area contributed by atoms with Crippen LogP contribution in [0.25, 0.3) is 20.7 Å². The van der Waals surface area contributed by atoms with Crippen molar-refractivity contribution in [1.29, 1.82) is 0 Å². The highest BCUT2D eigenvalue weighted by atomic mass is 32.1. The number of hydrogen-bond acceptors (Lipinski definition) is 6. The molecule has 1 atom stereocenters. The summed E-state index contributed by atoms with van der Waals surface area (Å²) >= 11 is 1.73. The summed E-state index contributed by atoms with van der Waals surface area (Å²) in [5.41, 5.74) is 10.2. The Labute approximate surface area is 168 Å². The minimum atomic E-state index is 0.0805. The lowest BCUT2D eigenvalue weighted by Crippen LogP contribution is -2.17. The van der Waals surface area contributed by atoms with Crippen molar-refractivity contribution in [2.75, 3.05) is 19.9 Å². The van der Waals surface area contributed by atoms with Gasteiger partial charge in [0.1, 0.15) is 5.75 Å². The van der Waals surface area contributed by atoms with Gasteiger partial charge in [0.05, 0.1) is 23.7 Å². The van der Waals surface area contributed by atoms with Gasteiger partial charge in [0.15, 0.2) is 0 Å². The highest BCUT2D eigenvalue weighted by Crippen LogP contribution is 2.39. The van der Waals surface area contributed by atoms with Crippen molar-refractivity contribution < 1.29 is 4.74 Å². The Morgan fingerprint density at radius 2 is 1.93 bits per heavy atom. The van der Waals surface area contributed by atoms with Crippen molar-refractivity contribution >= 4 is 27.4 Å². The minimum absolute atomic E-state index is 0.0805. The Hall–Kier alpha value is -2.96. The fraction of sp³-hybridized carbons (Fsp3) is 0.182. The van der Waals surface area contributed by atoms with Crippen LogP contribution >= 0.6 is 11.3 Å². The monoisotopic (exact) mass is 390 g/mol. The number of rotatable bonds is 5. The van der Waals surface area contributed by atoms with E-state index < -0.39 is 0 Å². The molecular weight excluding hydrogens is 368 g/mol. The summed E-state index contributed by atoms with van der Waals surface area (Å²) < 4.78 is 6.62. The first-order chi connectivity index (χ1) is 13.6. The van der Waals surface area contributed by atoms with Gasteiger partial charge in [0.25, 0.3) is 0 Å². The molecule has 2 heterocycles. The van der Waals surface area contributed by atoms with Gasteiger partial charge in [0.2, 0.25) is 5.95 Å². The molecule has 0 aliphatic heterocycles. The summed E-state index contributed by atoms with van der Waals surface area (Å²) in [4.78, 5) is 9.52. The first-order valence-electron chi connectivity index (χ1n) is 9.04. The van der Waals surface area contributed by atoms with E-state index in [1.165, 1.54) is 21.2 Å². The maximum absolute atomic E-state index is 5.77. The fourth-order valence-electron chi connectivity index (χ4n) is 3.51. The Balaban J connectivity index is 1.79. The first kappa shape index (κ1) is 18.4. The second-order valence-electron chi connectivity index (χ2n) is 6.61. The minimum Gasteiger partial charge on any atom is -0.497 e. The Kier molecular flexibility index (Phi) is 4.98. The molecule has 142 valence electrons. The lowest BCUT2D eigenvalue weighted by Gasteiger charge is -2.18. The number of thiophene rings is 1. The molecule has 0 saturated carbocycles. The van der Waals surface area contributed by atoms with Gasteiger partial charge in [-0.1, -0.05) is 18.2 Å². The predicted octanol–water partition coefficient (Wildman–Crippen LogP) is 4.57. The van der Waals surface area contributed by atoms with Crippen LogP contribution in [0.15, 0.2) is 54.7 Å². The SMILES string of the molecule is CNC(c1cccc(OC)c1)c1ccc2sc(-c3ccnc(N)n3)c(C)c2c1. The molecule has 0 amide bonds. The van der Waals surface area contributed by atoms with Crippen molar-refractivity contribution in [2.45, 2.75) is 13.0 Å². The normalized spacial score (nSPS) is 12.2. The molecule has 1 unspecified atom stereocenters. The smallest absolute Gasteiger partial charge is 0.220 e. The summed E-state index contributed by atoms with van der Waals surface area (Å²) in [5, 5.41) is 4.66. The van der Waals surface area contributed by atoms with Crippen molar-refractivity contribution in [1.82, 2.24) is 15.3 Å². The zero-order chi connectivity index (χ0) is 19.7. The van der Waals surface area contributed by atoms with Crippen LogP contribution in [-0.2, 0) is 0 Å². The molecule has 28 heavy (non-hydrogen) atoms. The number of fused-ring (bicyclic) bond motifs is 1. The van der Waals surface area contributed by atoms with Gasteiger partial charge in [0, 0.05) is 10.9 Å². The van der Waals surface area contributed by atoms with Crippen LogP contribution in [0, 0.1) is 6.92 Å². The molecule has 0 radical (unpaired) electrons. The molecule has 3 N–H and O–H groups in total. The lowest BCUT2D eigenvalue weighted by molar-refractivity contribution is 0.414. The number of nitrogens with two attached hydrogens (primary N) is 1. The average molecular weight is 391 g/mol. The molecule has 6 heteroatoms. The van der Waals surface area contributed by atoms with Gasteiger partial charge in [-0.2, -0.15) is 0 Å². The molecule has 0 fully saturated rings. The molecular formula is C22H22N4OS. The predicted molar refractivity (Wildman–Crippen MR) is 116 cm³/mol. The standard InChI is InChI=1S/C22H22N4OS/c1-13-17-12-15(20(24-2)14-5-4-6-16(11-14)27-3)7-8-19(17)28-21(13)18-9-10-25-22(23)26-18/h4-12,20,24H,1-3H3,(H2,23,25,26). The van der Waals surface area contributed by atoms with E-state index in [4.69, 9.17) is 10.5 Å². The van der Waals surface area contributed by atoms with E-state index >= 15 is 0 Å². The molecule has 5 nitrogen and oxygen atoms in total. The van der Waals surface area contributed by atoms with Crippen molar-refractivity contribution in [2.24, 2.45) is 0 Å². The molecule has 0 saturated heterocycles. The highest BCUT2D eigenvalue weighted by Gasteiger charge is 2.17. The van der Waals surface area contributed by atoms with E-state index in [9.17, 15) is 0 Å². The largest absolute Gasteiger partial charge is 0.497 e. The number of benzene rings is 2. The van der Waals surface area contributed by atoms with Gasteiger partial charge in [-0.25, -0.2) is 9.97 Å². The molecule has 0 spiro atoms. The summed E-state index contributed by atoms with van der Waals surface area (Å²) in [6.07, 6.45) is 1.70. The molecule has 2 aromatic heterocycles. The third kappa shape index (κ3) is 3.32. The van der Waals surface area contributed by atoms with Crippen molar-refractivity contribution in [3.8, 4) is 16.3 Å². The summed E-state index contributed by atoms with van der Waals surface area (Å²) in [7, 11) is 3.67. The maximum atomic E-state index is 5.77. The van der Waals surface area contributed by atoms with Gasteiger partial charge in [-0.3, -0.25) is 0 Å². The summed E-state index contributed by atoms with van der Waals surface area (Å²) in [6, 6.07) is 16.8. The number of nitrogens with one attached hydrogen (secondary N) is 1. The van der Waals surface area contributed by atoms with Crippen molar-refractivity contribution in [3.63, 3.8) is 0 Å². The number of anilines is 1. The molecule has 4 aromatic rings. The zero-order valence-electron chi connectivity index (χ0n) is 16.1. The van der Waals surface area contributed by atoms with E-state index in [1.54, 1.807) is 24.6 Å². The van der Waals surface area contributed by atoms with E-state index in [2.05, 4.69) is 52.5 Å². The summed E-state index contributed by atoms with van der Waals surface area (Å²) in [5.74, 6) is 1.15. The van der Waals surface area contributed by atoms with Gasteiger partial charge >= 0.3 is 0 Å². The van der Waals surface area contributed by atoms with Gasteiger partial charge < -0.3 is 15.8 Å². The quantitative estimate of drug-likeness (QED) is 0.522. The van der Waals surface area contributed by atoms with Crippen LogP contribution in [0.2, 0.25) is 0 Å². The number of hydrogen-bond donors (Lipinski definition) is 2. The maximum Gasteiger partial charge on any atom is 0.220 e. The Bertz CT molecular complexity index is 1140. The van der Waals surface area contributed by atoms with E-state index in [1.807, 2.05) is 25.2 Å². The van der Waals surface area contributed by atoms with Gasteiger partial charge in [-0.05, 0) is 66.4 Å². The average Bonchev–Trinajstić information content (AvgIpc) is 3.05. The van der Waals surface area contributed by atoms with Crippen LogP contribution in [-0.4, -0.2) is 24.1 Å². The third-order valence-corrected chi connectivity index (χ3v) is 6.21. The second kappa shape index (κ2) is 7.58. The van der Waals surface area contributed by atoms with E-state index in [0.29, 0.717) is 5.95 Å². The number of aryl methyl sites for hydroxylation is 1. The fourth-order valence-corrected chi connectivity index (χ4v) is 4.67. The lowest BCUT2D eigenvalue weighted by atomic mass is 9.96. The van der Waals surface area contributed by atoms with Crippen molar-refractivity contribution in [3.05, 3.63) is 71.4 Å². The number of methoxy groups -OCH3 is 1. The van der Waals surface area contributed by atoms with Gasteiger partial charge in [-0.15, -0.1) is 11.3 Å². The topological polar surface area (TPSA) is 73.1 Å². The van der Waals surface area contributed by atoms with Crippen LogP contribution in [0.4, 0.5) is 5.95 Å². The number of nitrogen functional groups attached to an aromatic ring is 1. The van der Waals surface area contributed by atoms with E-state index in [-0.39, 0.29) is 6.04 Å². The molecule has 4 rings (SSSR count). The molecule has 2 aromatic carbocycles. The highest BCUT2D eigenvalue weighted by molar-refractivity contribution is 7.22. The molecule has 0 aliphatic carbocycles. The molecule has 0 bridgehead atoms. The zero-order valence-corrected chi connectivity index (χ0v) is 16.9. The first-order valence-corrected chi connectivity index (χ1v) is 9.85. The number of aromatic nitrogens is 2. The summed E-state index contributed by atoms with van der Waals surface area (Å²) in [6.45, 7) is 2.14. The Morgan fingerprint density at radius 1 is 1.11 bits per heavy atom.